The quantitative estimate of drug-likeness (QED) is 0.907. The van der Waals surface area contributed by atoms with Crippen LogP contribution in [0.1, 0.15) is 35.3 Å². The molecule has 0 saturated heterocycles. The van der Waals surface area contributed by atoms with Gasteiger partial charge in [0.2, 0.25) is 0 Å². The fraction of sp³-hybridized carbons (Fsp3) is 0.294. The lowest BCUT2D eigenvalue weighted by Crippen LogP contribution is -2.24. The van der Waals surface area contributed by atoms with Gasteiger partial charge in [-0.05, 0) is 18.6 Å². The van der Waals surface area contributed by atoms with Crippen molar-refractivity contribution >= 4 is 0 Å². The maximum atomic E-state index is 6.28. The van der Waals surface area contributed by atoms with Crippen LogP contribution in [0.4, 0.5) is 0 Å². The van der Waals surface area contributed by atoms with Gasteiger partial charge in [0.05, 0.1) is 7.11 Å². The molecule has 1 aliphatic rings. The number of aryl methyl sites for hydroxylation is 1. The Morgan fingerprint density at radius 3 is 2.80 bits per heavy atom. The number of hydrogen-bond donors (Lipinski definition) is 1. The van der Waals surface area contributed by atoms with E-state index < -0.39 is 0 Å². The van der Waals surface area contributed by atoms with E-state index in [1.165, 1.54) is 11.1 Å². The van der Waals surface area contributed by atoms with Crippen molar-refractivity contribution in [1.29, 1.82) is 0 Å². The van der Waals surface area contributed by atoms with Crippen LogP contribution in [-0.2, 0) is 0 Å². The smallest absolute Gasteiger partial charge is 0.128 e. The second kappa shape index (κ2) is 5.17. The number of benzene rings is 2. The molecule has 0 aliphatic carbocycles. The van der Waals surface area contributed by atoms with Crippen molar-refractivity contribution in [2.75, 3.05) is 7.11 Å². The van der Waals surface area contributed by atoms with E-state index in [9.17, 15) is 0 Å². The minimum Gasteiger partial charge on any atom is -0.497 e. The van der Waals surface area contributed by atoms with Crippen molar-refractivity contribution in [3.63, 3.8) is 0 Å². The van der Waals surface area contributed by atoms with Gasteiger partial charge in [0.1, 0.15) is 17.6 Å². The molecule has 2 aromatic rings. The zero-order valence-electron chi connectivity index (χ0n) is 11.8. The number of rotatable bonds is 2. The summed E-state index contributed by atoms with van der Waals surface area (Å²) in [6, 6.07) is 14.2. The van der Waals surface area contributed by atoms with Gasteiger partial charge in [-0.3, -0.25) is 0 Å². The SMILES string of the molecule is COc1ccc2c(c1)OC(c1cccc(C)c1)C[C@@H]2N. The van der Waals surface area contributed by atoms with Crippen molar-refractivity contribution in [2.45, 2.75) is 25.5 Å². The molecule has 104 valence electrons. The summed E-state index contributed by atoms with van der Waals surface area (Å²) in [6.07, 6.45) is 0.799. The van der Waals surface area contributed by atoms with Crippen LogP contribution in [0.3, 0.4) is 0 Å². The monoisotopic (exact) mass is 269 g/mol. The van der Waals surface area contributed by atoms with Crippen molar-refractivity contribution in [1.82, 2.24) is 0 Å². The Morgan fingerprint density at radius 2 is 2.05 bits per heavy atom. The third-order valence-corrected chi connectivity index (χ3v) is 3.77. The van der Waals surface area contributed by atoms with E-state index in [1.54, 1.807) is 7.11 Å². The Labute approximate surface area is 119 Å². The molecule has 0 bridgehead atoms. The van der Waals surface area contributed by atoms with Gasteiger partial charge in [-0.2, -0.15) is 0 Å². The zero-order valence-corrected chi connectivity index (χ0v) is 11.8. The molecule has 1 heterocycles. The Bertz CT molecular complexity index is 624. The Morgan fingerprint density at radius 1 is 1.20 bits per heavy atom. The predicted molar refractivity (Wildman–Crippen MR) is 79.1 cm³/mol. The summed E-state index contributed by atoms with van der Waals surface area (Å²) in [7, 11) is 1.66. The van der Waals surface area contributed by atoms with E-state index in [1.807, 2.05) is 18.2 Å². The van der Waals surface area contributed by atoms with Crippen LogP contribution in [0.5, 0.6) is 11.5 Å². The molecule has 20 heavy (non-hydrogen) atoms. The van der Waals surface area contributed by atoms with Gasteiger partial charge in [0.25, 0.3) is 0 Å². The summed E-state index contributed by atoms with van der Waals surface area (Å²) in [4.78, 5) is 0. The van der Waals surface area contributed by atoms with Gasteiger partial charge in [-0.1, -0.05) is 35.9 Å². The van der Waals surface area contributed by atoms with Gasteiger partial charge < -0.3 is 15.2 Å². The van der Waals surface area contributed by atoms with Crippen LogP contribution in [0.2, 0.25) is 0 Å². The number of ether oxygens (including phenoxy) is 2. The molecule has 3 heteroatoms. The van der Waals surface area contributed by atoms with Crippen LogP contribution in [0, 0.1) is 6.92 Å². The average Bonchev–Trinajstić information content (AvgIpc) is 2.46. The highest BCUT2D eigenvalue weighted by Crippen LogP contribution is 2.41. The molecule has 2 aromatic carbocycles. The first-order chi connectivity index (χ1) is 9.67. The summed E-state index contributed by atoms with van der Waals surface area (Å²) in [6.45, 7) is 2.09. The van der Waals surface area contributed by atoms with Gasteiger partial charge in [0, 0.05) is 24.1 Å². The molecular formula is C17H19NO2. The summed E-state index contributed by atoms with van der Waals surface area (Å²) in [5.74, 6) is 1.62. The van der Waals surface area contributed by atoms with E-state index in [0.717, 1.165) is 23.5 Å². The molecule has 1 unspecified atom stereocenters. The lowest BCUT2D eigenvalue weighted by Gasteiger charge is -2.31. The van der Waals surface area contributed by atoms with Gasteiger partial charge in [-0.25, -0.2) is 0 Å². The molecule has 0 spiro atoms. The molecule has 3 rings (SSSR count). The molecule has 0 saturated carbocycles. The first-order valence-electron chi connectivity index (χ1n) is 6.84. The molecule has 0 amide bonds. The van der Waals surface area contributed by atoms with Crippen LogP contribution in [-0.4, -0.2) is 7.11 Å². The normalized spacial score (nSPS) is 20.9. The molecular weight excluding hydrogens is 250 g/mol. The van der Waals surface area contributed by atoms with Gasteiger partial charge in [-0.15, -0.1) is 0 Å². The van der Waals surface area contributed by atoms with Crippen LogP contribution in [0.15, 0.2) is 42.5 Å². The number of nitrogens with two attached hydrogens (primary N) is 1. The lowest BCUT2D eigenvalue weighted by molar-refractivity contribution is 0.161. The third kappa shape index (κ3) is 2.37. The molecule has 0 radical (unpaired) electrons. The molecule has 0 aromatic heterocycles. The zero-order chi connectivity index (χ0) is 14.1. The van der Waals surface area contributed by atoms with Crippen molar-refractivity contribution in [2.24, 2.45) is 5.73 Å². The second-order valence-corrected chi connectivity index (χ2v) is 5.27. The third-order valence-electron chi connectivity index (χ3n) is 3.77. The highest BCUT2D eigenvalue weighted by atomic mass is 16.5. The summed E-state index contributed by atoms with van der Waals surface area (Å²) < 4.78 is 11.4. The Hall–Kier alpha value is -2.00. The molecule has 0 fully saturated rings. The standard InChI is InChI=1S/C17H19NO2/c1-11-4-3-5-12(8-11)16-10-15(18)14-7-6-13(19-2)9-17(14)20-16/h3-9,15-16H,10,18H2,1-2H3/t15-,16?/m0/s1. The Balaban J connectivity index is 1.95. The molecule has 1 aliphatic heterocycles. The summed E-state index contributed by atoms with van der Waals surface area (Å²) in [5, 5.41) is 0. The van der Waals surface area contributed by atoms with Crippen molar-refractivity contribution in [3.05, 3.63) is 59.2 Å². The molecule has 2 atom stereocenters. The fourth-order valence-electron chi connectivity index (χ4n) is 2.68. The fourth-order valence-corrected chi connectivity index (χ4v) is 2.68. The lowest BCUT2D eigenvalue weighted by atomic mass is 9.93. The minimum atomic E-state index is -0.00447. The van der Waals surface area contributed by atoms with Crippen LogP contribution >= 0.6 is 0 Å². The highest BCUT2D eigenvalue weighted by molar-refractivity contribution is 5.44. The van der Waals surface area contributed by atoms with E-state index in [-0.39, 0.29) is 12.1 Å². The highest BCUT2D eigenvalue weighted by Gasteiger charge is 2.27. The van der Waals surface area contributed by atoms with E-state index >= 15 is 0 Å². The number of fused-ring (bicyclic) bond motifs is 1. The predicted octanol–water partition coefficient (Wildman–Crippen LogP) is 3.53. The van der Waals surface area contributed by atoms with Crippen molar-refractivity contribution < 1.29 is 9.47 Å². The largest absolute Gasteiger partial charge is 0.497 e. The number of hydrogen-bond acceptors (Lipinski definition) is 3. The first kappa shape index (κ1) is 13.0. The second-order valence-electron chi connectivity index (χ2n) is 5.27. The average molecular weight is 269 g/mol. The van der Waals surface area contributed by atoms with Crippen LogP contribution in [0.25, 0.3) is 0 Å². The summed E-state index contributed by atoms with van der Waals surface area (Å²) in [5.41, 5.74) is 9.74. The Kier molecular flexibility index (Phi) is 3.36. The number of methoxy groups -OCH3 is 1. The first-order valence-corrected chi connectivity index (χ1v) is 6.84. The van der Waals surface area contributed by atoms with Gasteiger partial charge in [0.15, 0.2) is 0 Å². The minimum absolute atomic E-state index is 0.00417. The van der Waals surface area contributed by atoms with Crippen molar-refractivity contribution in [3.8, 4) is 11.5 Å². The van der Waals surface area contributed by atoms with E-state index in [0.29, 0.717) is 0 Å². The maximum Gasteiger partial charge on any atom is 0.128 e. The molecule has 3 nitrogen and oxygen atoms in total. The summed E-state index contributed by atoms with van der Waals surface area (Å²) >= 11 is 0. The van der Waals surface area contributed by atoms with Crippen LogP contribution < -0.4 is 15.2 Å². The maximum absolute atomic E-state index is 6.28. The van der Waals surface area contributed by atoms with E-state index in [2.05, 4.69) is 31.2 Å². The molecule has 2 N–H and O–H groups in total. The van der Waals surface area contributed by atoms with E-state index in [4.69, 9.17) is 15.2 Å². The van der Waals surface area contributed by atoms with Gasteiger partial charge >= 0.3 is 0 Å². The topological polar surface area (TPSA) is 44.5 Å².